The van der Waals surface area contributed by atoms with Crippen LogP contribution in [0.1, 0.15) is 20.3 Å². The smallest absolute Gasteiger partial charge is 0.240 e. The van der Waals surface area contributed by atoms with Crippen LogP contribution in [-0.4, -0.2) is 22.0 Å². The lowest BCUT2D eigenvalue weighted by Crippen LogP contribution is -2.18. The molecule has 0 bridgehead atoms. The van der Waals surface area contributed by atoms with E-state index in [2.05, 4.69) is 23.9 Å². The Morgan fingerprint density at radius 3 is 2.65 bits per heavy atom. The molecule has 1 aromatic rings. The average molecular weight is 256 g/mol. The molecule has 0 heterocycles. The maximum Gasteiger partial charge on any atom is 0.240 e. The van der Waals surface area contributed by atoms with Crippen LogP contribution in [0.3, 0.4) is 0 Å². The molecule has 0 saturated heterocycles. The van der Waals surface area contributed by atoms with E-state index in [1.54, 1.807) is 18.2 Å². The summed E-state index contributed by atoms with van der Waals surface area (Å²) in [4.78, 5) is 0.286. The van der Waals surface area contributed by atoms with Crippen molar-refractivity contribution in [2.75, 3.05) is 18.9 Å². The number of sulfonamides is 1. The molecule has 1 aromatic carbocycles. The molecule has 0 aliphatic heterocycles. The van der Waals surface area contributed by atoms with Crippen molar-refractivity contribution in [3.05, 3.63) is 24.3 Å². The number of rotatable bonds is 6. The van der Waals surface area contributed by atoms with Crippen LogP contribution in [-0.2, 0) is 10.0 Å². The zero-order chi connectivity index (χ0) is 12.9. The molecule has 5 heteroatoms. The fourth-order valence-corrected chi connectivity index (χ4v) is 2.10. The van der Waals surface area contributed by atoms with Gasteiger partial charge in [0, 0.05) is 12.2 Å². The first-order chi connectivity index (χ1) is 7.99. The summed E-state index contributed by atoms with van der Waals surface area (Å²) >= 11 is 0. The van der Waals surface area contributed by atoms with Crippen LogP contribution in [0.25, 0.3) is 0 Å². The SMILES string of the molecule is CCC(C)CNc1cccc(S(=O)(=O)NC)c1. The van der Waals surface area contributed by atoms with Gasteiger partial charge in [0.25, 0.3) is 0 Å². The summed E-state index contributed by atoms with van der Waals surface area (Å²) in [5.41, 5.74) is 0.835. The molecule has 4 nitrogen and oxygen atoms in total. The van der Waals surface area contributed by atoms with Gasteiger partial charge < -0.3 is 5.32 Å². The van der Waals surface area contributed by atoms with Gasteiger partial charge in [-0.25, -0.2) is 13.1 Å². The molecule has 0 aliphatic rings. The van der Waals surface area contributed by atoms with E-state index in [1.165, 1.54) is 7.05 Å². The summed E-state index contributed by atoms with van der Waals surface area (Å²) < 4.78 is 25.5. The van der Waals surface area contributed by atoms with Gasteiger partial charge in [0.05, 0.1) is 4.90 Å². The van der Waals surface area contributed by atoms with Crippen molar-refractivity contribution >= 4 is 15.7 Å². The molecular weight excluding hydrogens is 236 g/mol. The monoisotopic (exact) mass is 256 g/mol. The van der Waals surface area contributed by atoms with Crippen LogP contribution in [0.5, 0.6) is 0 Å². The maximum absolute atomic E-state index is 11.6. The van der Waals surface area contributed by atoms with Gasteiger partial charge >= 0.3 is 0 Å². The molecule has 0 aliphatic carbocycles. The van der Waals surface area contributed by atoms with Crippen LogP contribution in [0, 0.1) is 5.92 Å². The first kappa shape index (κ1) is 14.0. The third-order valence-corrected chi connectivity index (χ3v) is 4.18. The van der Waals surface area contributed by atoms with E-state index in [1.807, 2.05) is 6.07 Å². The predicted molar refractivity (Wildman–Crippen MR) is 70.6 cm³/mol. The topological polar surface area (TPSA) is 58.2 Å². The average Bonchev–Trinajstić information content (AvgIpc) is 2.36. The Kier molecular flexibility index (Phi) is 4.96. The van der Waals surface area contributed by atoms with Crippen LogP contribution in [0.2, 0.25) is 0 Å². The summed E-state index contributed by atoms with van der Waals surface area (Å²) in [6.07, 6.45) is 1.10. The van der Waals surface area contributed by atoms with Gasteiger partial charge in [-0.2, -0.15) is 0 Å². The van der Waals surface area contributed by atoms with Crippen molar-refractivity contribution in [1.82, 2.24) is 4.72 Å². The first-order valence-corrected chi connectivity index (χ1v) is 7.25. The highest BCUT2D eigenvalue weighted by molar-refractivity contribution is 7.89. The largest absolute Gasteiger partial charge is 0.385 e. The summed E-state index contributed by atoms with van der Waals surface area (Å²) in [5.74, 6) is 0.569. The van der Waals surface area contributed by atoms with Crippen LogP contribution in [0.15, 0.2) is 29.2 Å². The normalized spacial score (nSPS) is 13.4. The fraction of sp³-hybridized carbons (Fsp3) is 0.500. The Bertz CT molecular complexity index is 457. The van der Waals surface area contributed by atoms with E-state index in [9.17, 15) is 8.42 Å². The highest BCUT2D eigenvalue weighted by atomic mass is 32.2. The molecule has 0 radical (unpaired) electrons. The molecule has 0 aromatic heterocycles. The second kappa shape index (κ2) is 6.02. The van der Waals surface area contributed by atoms with Crippen LogP contribution >= 0.6 is 0 Å². The minimum absolute atomic E-state index is 0.286. The van der Waals surface area contributed by atoms with E-state index in [4.69, 9.17) is 0 Å². The van der Waals surface area contributed by atoms with Gasteiger partial charge in [0.15, 0.2) is 0 Å². The lowest BCUT2D eigenvalue weighted by molar-refractivity contribution is 0.588. The molecule has 1 rings (SSSR count). The van der Waals surface area contributed by atoms with Crippen molar-refractivity contribution in [1.29, 1.82) is 0 Å². The molecule has 0 amide bonds. The lowest BCUT2D eigenvalue weighted by Gasteiger charge is -2.12. The van der Waals surface area contributed by atoms with E-state index < -0.39 is 10.0 Å². The van der Waals surface area contributed by atoms with Gasteiger partial charge in [-0.1, -0.05) is 26.3 Å². The molecule has 2 N–H and O–H groups in total. The molecule has 17 heavy (non-hydrogen) atoms. The lowest BCUT2D eigenvalue weighted by atomic mass is 10.1. The van der Waals surface area contributed by atoms with E-state index in [0.29, 0.717) is 5.92 Å². The third kappa shape index (κ3) is 4.02. The van der Waals surface area contributed by atoms with Crippen LogP contribution in [0.4, 0.5) is 5.69 Å². The zero-order valence-electron chi connectivity index (χ0n) is 10.5. The number of hydrogen-bond donors (Lipinski definition) is 2. The molecular formula is C12H20N2O2S. The zero-order valence-corrected chi connectivity index (χ0v) is 11.3. The van der Waals surface area contributed by atoms with Gasteiger partial charge in [-0.15, -0.1) is 0 Å². The van der Waals surface area contributed by atoms with E-state index in [0.717, 1.165) is 18.7 Å². The van der Waals surface area contributed by atoms with Crippen molar-refractivity contribution in [3.8, 4) is 0 Å². The Labute approximate surface area is 103 Å². The Balaban J connectivity index is 2.80. The van der Waals surface area contributed by atoms with E-state index >= 15 is 0 Å². The second-order valence-corrected chi connectivity index (χ2v) is 6.02. The molecule has 0 spiro atoms. The summed E-state index contributed by atoms with van der Waals surface area (Å²) in [7, 11) is -1.94. The molecule has 0 saturated carbocycles. The van der Waals surface area contributed by atoms with Gasteiger partial charge in [-0.05, 0) is 31.2 Å². The third-order valence-electron chi connectivity index (χ3n) is 2.76. The van der Waals surface area contributed by atoms with Gasteiger partial charge in [0.2, 0.25) is 10.0 Å². The highest BCUT2D eigenvalue weighted by Crippen LogP contribution is 2.15. The Morgan fingerprint density at radius 2 is 2.06 bits per heavy atom. The van der Waals surface area contributed by atoms with Crippen molar-refractivity contribution in [3.63, 3.8) is 0 Å². The van der Waals surface area contributed by atoms with Crippen molar-refractivity contribution in [2.24, 2.45) is 5.92 Å². The number of hydrogen-bond acceptors (Lipinski definition) is 3. The molecule has 96 valence electrons. The summed E-state index contributed by atoms with van der Waals surface area (Å²) in [6, 6.07) is 6.84. The second-order valence-electron chi connectivity index (χ2n) is 4.13. The number of benzene rings is 1. The Morgan fingerprint density at radius 1 is 1.35 bits per heavy atom. The standard InChI is InChI=1S/C12H20N2O2S/c1-4-10(2)9-14-11-6-5-7-12(8-11)17(15,16)13-3/h5-8,10,13-14H,4,9H2,1-3H3. The van der Waals surface area contributed by atoms with Crippen LogP contribution < -0.4 is 10.0 Å². The number of nitrogens with one attached hydrogen (secondary N) is 2. The van der Waals surface area contributed by atoms with Gasteiger partial charge in [0.1, 0.15) is 0 Å². The molecule has 1 unspecified atom stereocenters. The molecule has 1 atom stereocenters. The quantitative estimate of drug-likeness (QED) is 0.819. The fourth-order valence-electron chi connectivity index (χ4n) is 1.33. The predicted octanol–water partition coefficient (Wildman–Crippen LogP) is 2.05. The first-order valence-electron chi connectivity index (χ1n) is 5.77. The minimum atomic E-state index is -3.35. The summed E-state index contributed by atoms with van der Waals surface area (Å²) in [6.45, 7) is 5.13. The van der Waals surface area contributed by atoms with Gasteiger partial charge in [-0.3, -0.25) is 0 Å². The van der Waals surface area contributed by atoms with Crippen molar-refractivity contribution < 1.29 is 8.42 Å². The maximum atomic E-state index is 11.6. The minimum Gasteiger partial charge on any atom is -0.385 e. The van der Waals surface area contributed by atoms with Crippen molar-refractivity contribution in [2.45, 2.75) is 25.2 Å². The summed E-state index contributed by atoms with van der Waals surface area (Å²) in [5, 5.41) is 3.24. The highest BCUT2D eigenvalue weighted by Gasteiger charge is 2.11. The Hall–Kier alpha value is -1.07. The molecule has 0 fully saturated rings. The number of anilines is 1. The van der Waals surface area contributed by atoms with E-state index in [-0.39, 0.29) is 4.90 Å².